The summed E-state index contributed by atoms with van der Waals surface area (Å²) >= 11 is 5.85. The number of amides is 1. The predicted molar refractivity (Wildman–Crippen MR) is 142 cm³/mol. The average molecular weight is 558 g/mol. The number of alkyl halides is 3. The first-order valence-electron chi connectivity index (χ1n) is 11.7. The standard InChI is InChI=1S/C28H23ClF3N3O4/c29-23-15-18(9-11-24(23)36)27(37)35-34-17-19-10-12-26(22-7-3-2-6-21(19)22)38-14-13-33-16-20-5-1-4-8-25(20)39-28(30,31)32/h1-12,15,17,33,36H,13-14,16H2,(H,35,37). The van der Waals surface area contributed by atoms with Crippen LogP contribution in [0.15, 0.2) is 84.0 Å². The summed E-state index contributed by atoms with van der Waals surface area (Å²) < 4.78 is 47.8. The van der Waals surface area contributed by atoms with Crippen molar-refractivity contribution >= 4 is 34.5 Å². The topological polar surface area (TPSA) is 92.2 Å². The van der Waals surface area contributed by atoms with Crippen LogP contribution in [0.4, 0.5) is 13.2 Å². The molecule has 0 aliphatic heterocycles. The van der Waals surface area contributed by atoms with Crippen LogP contribution < -0.4 is 20.2 Å². The maximum absolute atomic E-state index is 12.6. The number of fused-ring (bicyclic) bond motifs is 1. The first kappa shape index (κ1) is 27.7. The van der Waals surface area contributed by atoms with Crippen LogP contribution >= 0.6 is 11.6 Å². The van der Waals surface area contributed by atoms with Crippen molar-refractivity contribution in [3.8, 4) is 17.2 Å². The van der Waals surface area contributed by atoms with Gasteiger partial charge in [-0.05, 0) is 41.8 Å². The lowest BCUT2D eigenvalue weighted by atomic mass is 10.0. The Labute approximate surface area is 226 Å². The third kappa shape index (κ3) is 7.62. The normalized spacial score (nSPS) is 11.6. The quantitative estimate of drug-likeness (QED) is 0.126. The number of rotatable bonds is 10. The number of ether oxygens (including phenoxy) is 2. The van der Waals surface area contributed by atoms with Crippen LogP contribution in [0.5, 0.6) is 17.2 Å². The summed E-state index contributed by atoms with van der Waals surface area (Å²) in [4.78, 5) is 12.3. The van der Waals surface area contributed by atoms with E-state index in [0.29, 0.717) is 17.9 Å². The third-order valence-electron chi connectivity index (χ3n) is 5.55. The van der Waals surface area contributed by atoms with E-state index in [1.54, 1.807) is 24.3 Å². The fraction of sp³-hybridized carbons (Fsp3) is 0.143. The van der Waals surface area contributed by atoms with Crippen molar-refractivity contribution in [2.75, 3.05) is 13.2 Å². The maximum Gasteiger partial charge on any atom is 0.573 e. The van der Waals surface area contributed by atoms with E-state index >= 15 is 0 Å². The maximum atomic E-state index is 12.6. The largest absolute Gasteiger partial charge is 0.573 e. The highest BCUT2D eigenvalue weighted by atomic mass is 35.5. The molecule has 4 aromatic carbocycles. The highest BCUT2D eigenvalue weighted by molar-refractivity contribution is 6.32. The van der Waals surface area contributed by atoms with Gasteiger partial charge in [0.2, 0.25) is 0 Å². The summed E-state index contributed by atoms with van der Waals surface area (Å²) in [6, 6.07) is 21.1. The molecule has 3 N–H and O–H groups in total. The van der Waals surface area contributed by atoms with Gasteiger partial charge in [0, 0.05) is 35.2 Å². The van der Waals surface area contributed by atoms with Crippen LogP contribution in [-0.4, -0.2) is 36.7 Å². The van der Waals surface area contributed by atoms with Gasteiger partial charge in [-0.15, -0.1) is 13.2 Å². The van der Waals surface area contributed by atoms with Gasteiger partial charge in [0.25, 0.3) is 5.91 Å². The van der Waals surface area contributed by atoms with Crippen LogP contribution in [0.2, 0.25) is 5.02 Å². The number of nitrogens with zero attached hydrogens (tertiary/aromatic N) is 1. The highest BCUT2D eigenvalue weighted by Crippen LogP contribution is 2.29. The van der Waals surface area contributed by atoms with Gasteiger partial charge >= 0.3 is 6.36 Å². The summed E-state index contributed by atoms with van der Waals surface area (Å²) in [5, 5.41) is 18.3. The lowest BCUT2D eigenvalue weighted by Crippen LogP contribution is -2.22. The zero-order chi connectivity index (χ0) is 27.8. The van der Waals surface area contributed by atoms with E-state index in [0.717, 1.165) is 16.3 Å². The monoisotopic (exact) mass is 557 g/mol. The van der Waals surface area contributed by atoms with Gasteiger partial charge in [-0.2, -0.15) is 5.10 Å². The van der Waals surface area contributed by atoms with Crippen LogP contribution in [0.1, 0.15) is 21.5 Å². The Kier molecular flexibility index (Phi) is 8.90. The molecule has 0 saturated carbocycles. The number of phenolic OH excluding ortho intramolecular Hbond substituents is 1. The van der Waals surface area contributed by atoms with Gasteiger partial charge in [0.1, 0.15) is 23.9 Å². The Balaban J connectivity index is 1.35. The van der Waals surface area contributed by atoms with Crippen LogP contribution in [0, 0.1) is 0 Å². The lowest BCUT2D eigenvalue weighted by Gasteiger charge is -2.14. The predicted octanol–water partition coefficient (Wildman–Crippen LogP) is 6.03. The Morgan fingerprint density at radius 1 is 0.974 bits per heavy atom. The van der Waals surface area contributed by atoms with Gasteiger partial charge < -0.3 is 19.9 Å². The van der Waals surface area contributed by atoms with E-state index in [1.165, 1.54) is 36.5 Å². The Morgan fingerprint density at radius 3 is 2.49 bits per heavy atom. The number of carbonyl (C=O) groups excluding carboxylic acids is 1. The van der Waals surface area contributed by atoms with Crippen molar-refractivity contribution in [2.24, 2.45) is 5.10 Å². The lowest BCUT2D eigenvalue weighted by molar-refractivity contribution is -0.274. The zero-order valence-electron chi connectivity index (χ0n) is 20.3. The van der Waals surface area contributed by atoms with E-state index in [2.05, 4.69) is 20.6 Å². The molecule has 0 spiro atoms. The second kappa shape index (κ2) is 12.5. The van der Waals surface area contributed by atoms with Crippen molar-refractivity contribution in [2.45, 2.75) is 12.9 Å². The summed E-state index contributed by atoms with van der Waals surface area (Å²) in [5.41, 5.74) is 3.79. The number of hydrogen-bond donors (Lipinski definition) is 3. The SMILES string of the molecule is O=C(NN=Cc1ccc(OCCNCc2ccccc2OC(F)(F)F)c2ccccc12)c1ccc(O)c(Cl)c1. The fourth-order valence-electron chi connectivity index (χ4n) is 3.74. The van der Waals surface area contributed by atoms with Crippen molar-refractivity contribution in [3.05, 3.63) is 101 Å². The fourth-order valence-corrected chi connectivity index (χ4v) is 3.92. The minimum Gasteiger partial charge on any atom is -0.506 e. The second-order valence-electron chi connectivity index (χ2n) is 8.24. The molecule has 1 amide bonds. The summed E-state index contributed by atoms with van der Waals surface area (Å²) in [6.45, 7) is 0.823. The molecular weight excluding hydrogens is 535 g/mol. The molecule has 4 rings (SSSR count). The van der Waals surface area contributed by atoms with Crippen molar-refractivity contribution in [1.29, 1.82) is 0 Å². The molecule has 0 fully saturated rings. The van der Waals surface area contributed by atoms with Crippen LogP contribution in [0.3, 0.4) is 0 Å². The number of nitrogens with one attached hydrogen (secondary N) is 2. The first-order valence-corrected chi connectivity index (χ1v) is 12.1. The van der Waals surface area contributed by atoms with Crippen molar-refractivity contribution in [1.82, 2.24) is 10.7 Å². The van der Waals surface area contributed by atoms with E-state index < -0.39 is 12.3 Å². The molecule has 0 unspecified atom stereocenters. The van der Waals surface area contributed by atoms with Crippen LogP contribution in [-0.2, 0) is 6.54 Å². The zero-order valence-corrected chi connectivity index (χ0v) is 21.1. The highest BCUT2D eigenvalue weighted by Gasteiger charge is 2.31. The van der Waals surface area contributed by atoms with Gasteiger partial charge in [0.05, 0.1) is 11.2 Å². The van der Waals surface area contributed by atoms with Gasteiger partial charge in [-0.3, -0.25) is 4.79 Å². The number of phenols is 1. The summed E-state index contributed by atoms with van der Waals surface area (Å²) in [5.74, 6) is -0.238. The molecule has 0 radical (unpaired) electrons. The molecule has 39 heavy (non-hydrogen) atoms. The third-order valence-corrected chi connectivity index (χ3v) is 5.85. The van der Waals surface area contributed by atoms with Gasteiger partial charge in [0.15, 0.2) is 0 Å². The summed E-state index contributed by atoms with van der Waals surface area (Å²) in [7, 11) is 0. The van der Waals surface area contributed by atoms with Crippen molar-refractivity contribution < 1.29 is 32.5 Å². The molecule has 0 aliphatic rings. The molecule has 202 valence electrons. The molecule has 0 aliphatic carbocycles. The Hall–Kier alpha value is -4.28. The minimum atomic E-state index is -4.76. The molecule has 0 heterocycles. The average Bonchev–Trinajstić information content (AvgIpc) is 2.91. The Bertz CT molecular complexity index is 1490. The number of para-hydroxylation sites is 1. The Morgan fingerprint density at radius 2 is 1.72 bits per heavy atom. The number of aromatic hydroxyl groups is 1. The summed E-state index contributed by atoms with van der Waals surface area (Å²) in [6.07, 6.45) is -3.25. The number of hydrogen-bond acceptors (Lipinski definition) is 6. The molecule has 4 aromatic rings. The molecule has 0 bridgehead atoms. The molecule has 0 atom stereocenters. The van der Waals surface area contributed by atoms with E-state index in [1.807, 2.05) is 24.3 Å². The minimum absolute atomic E-state index is 0.0590. The van der Waals surface area contributed by atoms with Crippen molar-refractivity contribution in [3.63, 3.8) is 0 Å². The molecular formula is C28H23ClF3N3O4. The van der Waals surface area contributed by atoms with E-state index in [-0.39, 0.29) is 35.2 Å². The molecule has 0 saturated heterocycles. The second-order valence-corrected chi connectivity index (χ2v) is 8.65. The number of carbonyl (C=O) groups is 1. The number of benzene rings is 4. The molecule has 0 aromatic heterocycles. The smallest absolute Gasteiger partial charge is 0.506 e. The first-order chi connectivity index (χ1) is 18.7. The van der Waals surface area contributed by atoms with E-state index in [9.17, 15) is 23.1 Å². The molecule has 11 heteroatoms. The van der Waals surface area contributed by atoms with Crippen LogP contribution in [0.25, 0.3) is 10.8 Å². The van der Waals surface area contributed by atoms with Gasteiger partial charge in [-0.1, -0.05) is 54.1 Å². The van der Waals surface area contributed by atoms with E-state index in [4.69, 9.17) is 16.3 Å². The number of hydrazone groups is 1. The molecule has 7 nitrogen and oxygen atoms in total. The van der Waals surface area contributed by atoms with Gasteiger partial charge in [-0.25, -0.2) is 5.43 Å². The number of halogens is 4.